The van der Waals surface area contributed by atoms with Crippen LogP contribution in [0, 0.1) is 0 Å². The van der Waals surface area contributed by atoms with Crippen LogP contribution in [0.1, 0.15) is 16.1 Å². The molecule has 0 radical (unpaired) electrons. The second-order valence-corrected chi connectivity index (χ2v) is 4.57. The van der Waals surface area contributed by atoms with Crippen molar-refractivity contribution in [3.05, 3.63) is 78.1 Å². The molecule has 0 saturated carbocycles. The molecule has 0 fully saturated rings. The fourth-order valence-electron chi connectivity index (χ4n) is 2.09. The molecule has 3 aromatic rings. The Morgan fingerprint density at radius 3 is 2.45 bits per heavy atom. The lowest BCUT2D eigenvalue weighted by atomic mass is 10.1. The highest BCUT2D eigenvalue weighted by molar-refractivity contribution is 5.94. The lowest BCUT2D eigenvalue weighted by Gasteiger charge is -2.06. The molecule has 1 aromatic heterocycles. The predicted molar refractivity (Wildman–Crippen MR) is 79.4 cm³/mol. The van der Waals surface area contributed by atoms with E-state index in [0.717, 1.165) is 16.5 Å². The molecule has 0 aliphatic carbocycles. The first-order valence-electron chi connectivity index (χ1n) is 6.50. The number of benzene rings is 2. The van der Waals surface area contributed by atoms with Gasteiger partial charge < -0.3 is 5.32 Å². The van der Waals surface area contributed by atoms with Crippen LogP contribution in [-0.2, 0) is 6.54 Å². The van der Waals surface area contributed by atoms with E-state index in [4.69, 9.17) is 0 Å². The third-order valence-electron chi connectivity index (χ3n) is 3.15. The Morgan fingerprint density at radius 1 is 0.950 bits per heavy atom. The molecule has 1 N–H and O–H groups in total. The van der Waals surface area contributed by atoms with Gasteiger partial charge in [-0.15, -0.1) is 0 Å². The summed E-state index contributed by atoms with van der Waals surface area (Å²) in [6, 6.07) is 19.2. The average molecular weight is 262 g/mol. The van der Waals surface area contributed by atoms with E-state index < -0.39 is 0 Å². The van der Waals surface area contributed by atoms with Gasteiger partial charge in [-0.2, -0.15) is 0 Å². The highest BCUT2D eigenvalue weighted by Crippen LogP contribution is 2.13. The number of aromatic nitrogens is 1. The van der Waals surface area contributed by atoms with Crippen molar-refractivity contribution in [1.82, 2.24) is 10.3 Å². The topological polar surface area (TPSA) is 42.0 Å². The molecule has 0 saturated heterocycles. The number of fused-ring (bicyclic) bond motifs is 1. The molecule has 0 aliphatic rings. The maximum Gasteiger partial charge on any atom is 0.251 e. The normalized spacial score (nSPS) is 10.4. The van der Waals surface area contributed by atoms with Gasteiger partial charge in [-0.3, -0.25) is 9.78 Å². The Labute approximate surface area is 117 Å². The van der Waals surface area contributed by atoms with Gasteiger partial charge in [0.05, 0.1) is 12.2 Å². The second kappa shape index (κ2) is 5.53. The van der Waals surface area contributed by atoms with Crippen molar-refractivity contribution < 1.29 is 4.79 Å². The quantitative estimate of drug-likeness (QED) is 0.787. The van der Waals surface area contributed by atoms with Crippen LogP contribution in [-0.4, -0.2) is 10.9 Å². The fraction of sp³-hybridized carbons (Fsp3) is 0.0588. The summed E-state index contributed by atoms with van der Waals surface area (Å²) in [7, 11) is 0. The van der Waals surface area contributed by atoms with E-state index in [2.05, 4.69) is 10.3 Å². The summed E-state index contributed by atoms with van der Waals surface area (Å²) in [5.74, 6) is -0.0828. The average Bonchev–Trinajstić information content (AvgIpc) is 2.53. The molecule has 1 heterocycles. The van der Waals surface area contributed by atoms with Crippen LogP contribution >= 0.6 is 0 Å². The number of amides is 1. The minimum atomic E-state index is -0.0828. The molecule has 0 spiro atoms. The van der Waals surface area contributed by atoms with Crippen molar-refractivity contribution in [2.24, 2.45) is 0 Å². The maximum absolute atomic E-state index is 11.9. The number of nitrogens with one attached hydrogen (secondary N) is 1. The highest BCUT2D eigenvalue weighted by atomic mass is 16.1. The molecule has 2 aromatic carbocycles. The number of rotatable bonds is 3. The molecule has 1 amide bonds. The third kappa shape index (κ3) is 2.67. The Balaban J connectivity index is 1.72. The standard InChI is InChI=1S/C17H14N2O/c20-17(13-6-2-1-3-7-13)19-12-16-10-14-8-4-5-9-15(14)11-18-16/h1-11H,12H2,(H,19,20). The first-order chi connectivity index (χ1) is 9.83. The van der Waals surface area contributed by atoms with Crippen molar-refractivity contribution in [2.45, 2.75) is 6.54 Å². The maximum atomic E-state index is 11.9. The zero-order chi connectivity index (χ0) is 13.8. The fourth-order valence-corrected chi connectivity index (χ4v) is 2.09. The summed E-state index contributed by atoms with van der Waals surface area (Å²) in [6.07, 6.45) is 1.83. The van der Waals surface area contributed by atoms with Gasteiger partial charge in [0.2, 0.25) is 0 Å². The molecular formula is C17H14N2O. The molecule has 3 nitrogen and oxygen atoms in total. The molecule has 3 heteroatoms. The van der Waals surface area contributed by atoms with E-state index in [1.54, 1.807) is 12.1 Å². The second-order valence-electron chi connectivity index (χ2n) is 4.57. The number of hydrogen-bond donors (Lipinski definition) is 1. The molecule has 98 valence electrons. The van der Waals surface area contributed by atoms with Crippen LogP contribution in [0.3, 0.4) is 0 Å². The number of hydrogen-bond acceptors (Lipinski definition) is 2. The number of pyridine rings is 1. The molecule has 20 heavy (non-hydrogen) atoms. The first-order valence-corrected chi connectivity index (χ1v) is 6.50. The summed E-state index contributed by atoms with van der Waals surface area (Å²) in [6.45, 7) is 0.429. The smallest absolute Gasteiger partial charge is 0.251 e. The molecule has 0 atom stereocenters. The van der Waals surface area contributed by atoms with Gasteiger partial charge >= 0.3 is 0 Å². The molecule has 3 rings (SSSR count). The largest absolute Gasteiger partial charge is 0.346 e. The van der Waals surface area contributed by atoms with Gasteiger partial charge in [0.1, 0.15) is 0 Å². The van der Waals surface area contributed by atoms with Crippen LogP contribution in [0.5, 0.6) is 0 Å². The molecular weight excluding hydrogens is 248 g/mol. The van der Waals surface area contributed by atoms with E-state index in [0.29, 0.717) is 12.1 Å². The highest BCUT2D eigenvalue weighted by Gasteiger charge is 2.04. The monoisotopic (exact) mass is 262 g/mol. The van der Waals surface area contributed by atoms with E-state index in [1.807, 2.05) is 54.7 Å². The van der Waals surface area contributed by atoms with Gasteiger partial charge in [-0.1, -0.05) is 42.5 Å². The Morgan fingerprint density at radius 2 is 1.65 bits per heavy atom. The van der Waals surface area contributed by atoms with Crippen molar-refractivity contribution >= 4 is 16.7 Å². The van der Waals surface area contributed by atoms with Gasteiger partial charge in [0, 0.05) is 17.1 Å². The summed E-state index contributed by atoms with van der Waals surface area (Å²) < 4.78 is 0. The Hall–Kier alpha value is -2.68. The summed E-state index contributed by atoms with van der Waals surface area (Å²) in [5.41, 5.74) is 1.52. The van der Waals surface area contributed by atoms with Crippen molar-refractivity contribution in [1.29, 1.82) is 0 Å². The number of carbonyl (C=O) groups is 1. The first kappa shape index (κ1) is 12.4. The van der Waals surface area contributed by atoms with Crippen LogP contribution in [0.15, 0.2) is 66.9 Å². The number of nitrogens with zero attached hydrogens (tertiary/aromatic N) is 1. The predicted octanol–water partition coefficient (Wildman–Crippen LogP) is 3.16. The van der Waals surface area contributed by atoms with E-state index in [9.17, 15) is 4.79 Å². The van der Waals surface area contributed by atoms with E-state index >= 15 is 0 Å². The van der Waals surface area contributed by atoms with Gasteiger partial charge in [-0.25, -0.2) is 0 Å². The van der Waals surface area contributed by atoms with Gasteiger partial charge in [-0.05, 0) is 23.6 Å². The van der Waals surface area contributed by atoms with Crippen molar-refractivity contribution in [3.8, 4) is 0 Å². The van der Waals surface area contributed by atoms with E-state index in [-0.39, 0.29) is 5.91 Å². The van der Waals surface area contributed by atoms with Crippen LogP contribution in [0.4, 0.5) is 0 Å². The summed E-state index contributed by atoms with van der Waals surface area (Å²) >= 11 is 0. The third-order valence-corrected chi connectivity index (χ3v) is 3.15. The van der Waals surface area contributed by atoms with E-state index in [1.165, 1.54) is 0 Å². The van der Waals surface area contributed by atoms with Gasteiger partial charge in [0.15, 0.2) is 0 Å². The zero-order valence-electron chi connectivity index (χ0n) is 10.9. The lowest BCUT2D eigenvalue weighted by molar-refractivity contribution is 0.0950. The summed E-state index contributed by atoms with van der Waals surface area (Å²) in [5, 5.41) is 5.11. The zero-order valence-corrected chi connectivity index (χ0v) is 10.9. The van der Waals surface area contributed by atoms with Crippen LogP contribution < -0.4 is 5.32 Å². The molecule has 0 aliphatic heterocycles. The lowest BCUT2D eigenvalue weighted by Crippen LogP contribution is -2.23. The minimum absolute atomic E-state index is 0.0828. The molecule has 0 unspecified atom stereocenters. The minimum Gasteiger partial charge on any atom is -0.346 e. The van der Waals surface area contributed by atoms with Crippen molar-refractivity contribution in [2.75, 3.05) is 0 Å². The van der Waals surface area contributed by atoms with Crippen LogP contribution in [0.25, 0.3) is 10.8 Å². The Bertz CT molecular complexity index is 738. The van der Waals surface area contributed by atoms with Crippen molar-refractivity contribution in [3.63, 3.8) is 0 Å². The van der Waals surface area contributed by atoms with Crippen LogP contribution in [0.2, 0.25) is 0 Å². The summed E-state index contributed by atoms with van der Waals surface area (Å²) in [4.78, 5) is 16.3. The molecule has 0 bridgehead atoms. The van der Waals surface area contributed by atoms with Gasteiger partial charge in [0.25, 0.3) is 5.91 Å². The number of carbonyl (C=O) groups excluding carboxylic acids is 1. The SMILES string of the molecule is O=C(NCc1cc2ccccc2cn1)c1ccccc1. The Kier molecular flexibility index (Phi) is 3.42.